The van der Waals surface area contributed by atoms with Crippen LogP contribution in [0.4, 0.5) is 4.79 Å². The molecule has 6 heteroatoms. The van der Waals surface area contributed by atoms with Crippen LogP contribution in [0.5, 0.6) is 0 Å². The second-order valence-electron chi connectivity index (χ2n) is 6.97. The number of nitrogens with one attached hydrogen (secondary N) is 2. The molecule has 2 saturated heterocycles. The van der Waals surface area contributed by atoms with Crippen molar-refractivity contribution in [1.82, 2.24) is 10.6 Å². The second kappa shape index (κ2) is 6.60. The van der Waals surface area contributed by atoms with Crippen LogP contribution in [0.25, 0.3) is 0 Å². The smallest absolute Gasteiger partial charge is 0.407 e. The van der Waals surface area contributed by atoms with Gasteiger partial charge in [-0.1, -0.05) is 12.8 Å². The highest BCUT2D eigenvalue weighted by Crippen LogP contribution is 2.34. The molecule has 2 heterocycles. The maximum Gasteiger partial charge on any atom is 0.407 e. The van der Waals surface area contributed by atoms with Crippen LogP contribution in [0.1, 0.15) is 64.2 Å². The molecule has 2 aliphatic carbocycles. The third-order valence-corrected chi connectivity index (χ3v) is 5.49. The van der Waals surface area contributed by atoms with E-state index in [1.807, 2.05) is 0 Å². The molecular formula is C16H26N2O3S. The monoisotopic (exact) mass is 326 g/mol. The molecule has 0 aromatic rings. The van der Waals surface area contributed by atoms with Crippen LogP contribution in [0, 0.1) is 0 Å². The fourth-order valence-corrected chi connectivity index (χ4v) is 4.20. The summed E-state index contributed by atoms with van der Waals surface area (Å²) in [6, 6.07) is 0. The van der Waals surface area contributed by atoms with Gasteiger partial charge in [-0.15, -0.1) is 0 Å². The van der Waals surface area contributed by atoms with Crippen molar-refractivity contribution in [2.45, 2.75) is 75.4 Å². The van der Waals surface area contributed by atoms with E-state index in [1.165, 1.54) is 51.4 Å². The van der Waals surface area contributed by atoms with Crippen molar-refractivity contribution < 1.29 is 14.3 Å². The van der Waals surface area contributed by atoms with Crippen molar-refractivity contribution in [2.75, 3.05) is 13.1 Å². The number of thiocarbonyl (C=S) groups is 1. The topological polar surface area (TPSA) is 59.6 Å². The van der Waals surface area contributed by atoms with E-state index in [9.17, 15) is 4.79 Å². The van der Waals surface area contributed by atoms with Gasteiger partial charge < -0.3 is 20.1 Å². The van der Waals surface area contributed by atoms with Crippen molar-refractivity contribution in [3.8, 4) is 0 Å². The summed E-state index contributed by atoms with van der Waals surface area (Å²) in [5, 5.41) is 6.41. The van der Waals surface area contributed by atoms with Gasteiger partial charge in [-0.3, -0.25) is 0 Å². The number of hydrogen-bond donors (Lipinski definition) is 2. The molecular weight excluding hydrogens is 300 g/mol. The largest absolute Gasteiger partial charge is 0.463 e. The molecule has 4 aliphatic rings. The molecule has 0 unspecified atom stereocenters. The van der Waals surface area contributed by atoms with E-state index in [2.05, 4.69) is 10.6 Å². The highest BCUT2D eigenvalue weighted by Gasteiger charge is 2.41. The molecule has 0 aromatic carbocycles. The predicted octanol–water partition coefficient (Wildman–Crippen LogP) is 3.02. The maximum absolute atomic E-state index is 10.8. The van der Waals surface area contributed by atoms with Crippen LogP contribution in [-0.4, -0.2) is 35.6 Å². The van der Waals surface area contributed by atoms with Gasteiger partial charge in [-0.25, -0.2) is 4.79 Å². The Morgan fingerprint density at radius 1 is 0.773 bits per heavy atom. The molecule has 4 fully saturated rings. The highest BCUT2D eigenvalue weighted by molar-refractivity contribution is 7.80. The van der Waals surface area contributed by atoms with Crippen molar-refractivity contribution in [3.63, 3.8) is 0 Å². The molecule has 2 N–H and O–H groups in total. The average molecular weight is 326 g/mol. The van der Waals surface area contributed by atoms with Gasteiger partial charge >= 0.3 is 6.09 Å². The molecule has 4 rings (SSSR count). The number of hydrogen-bond acceptors (Lipinski definition) is 4. The predicted molar refractivity (Wildman–Crippen MR) is 87.8 cm³/mol. The standard InChI is InChI=1S/C8H13NO2.C8H13NOS/c10-7-9-6-8(11-7)4-2-1-3-5-8;11-7-9-6-8(10-7)4-2-1-3-5-8/h1-6H2,(H,9,10);1-6H2,(H,9,11). The summed E-state index contributed by atoms with van der Waals surface area (Å²) in [5.74, 6) is 0. The number of alkyl carbamates (subject to hydrolysis) is 1. The Balaban J connectivity index is 0.000000131. The third kappa shape index (κ3) is 3.65. The minimum absolute atomic E-state index is 0.0926. The lowest BCUT2D eigenvalue weighted by molar-refractivity contribution is 0.0260. The molecule has 5 nitrogen and oxygen atoms in total. The molecule has 2 aliphatic heterocycles. The first-order valence-corrected chi connectivity index (χ1v) is 8.96. The molecule has 0 atom stereocenters. The molecule has 2 saturated carbocycles. The van der Waals surface area contributed by atoms with Gasteiger partial charge in [-0.05, 0) is 63.6 Å². The molecule has 0 radical (unpaired) electrons. The summed E-state index contributed by atoms with van der Waals surface area (Å²) >= 11 is 4.94. The quantitative estimate of drug-likeness (QED) is 0.670. The zero-order chi connectivity index (χ0) is 15.5. The van der Waals surface area contributed by atoms with Crippen molar-refractivity contribution in [2.24, 2.45) is 0 Å². The Morgan fingerprint density at radius 2 is 1.27 bits per heavy atom. The first kappa shape index (κ1) is 15.8. The fraction of sp³-hybridized carbons (Fsp3) is 0.875. The highest BCUT2D eigenvalue weighted by atomic mass is 32.1. The number of carbonyl (C=O) groups excluding carboxylic acids is 1. The van der Waals surface area contributed by atoms with Gasteiger partial charge in [0.05, 0.1) is 13.1 Å². The summed E-state index contributed by atoms with van der Waals surface area (Å²) in [7, 11) is 0. The van der Waals surface area contributed by atoms with E-state index in [4.69, 9.17) is 21.7 Å². The van der Waals surface area contributed by atoms with Gasteiger partial charge in [-0.2, -0.15) is 0 Å². The maximum atomic E-state index is 10.8. The lowest BCUT2D eigenvalue weighted by Gasteiger charge is -2.30. The Bertz CT molecular complexity index is 389. The molecule has 2 spiro atoms. The summed E-state index contributed by atoms with van der Waals surface area (Å²) in [6.07, 6.45) is 11.9. The van der Waals surface area contributed by atoms with Crippen LogP contribution in [-0.2, 0) is 9.47 Å². The Kier molecular flexibility index (Phi) is 4.76. The number of ether oxygens (including phenoxy) is 2. The minimum atomic E-state index is -0.230. The number of rotatable bonds is 0. The van der Waals surface area contributed by atoms with E-state index in [0.29, 0.717) is 5.17 Å². The van der Waals surface area contributed by atoms with Crippen LogP contribution in [0.15, 0.2) is 0 Å². The molecule has 1 amide bonds. The first-order valence-electron chi connectivity index (χ1n) is 8.55. The van der Waals surface area contributed by atoms with Gasteiger partial charge in [0.25, 0.3) is 5.17 Å². The van der Waals surface area contributed by atoms with E-state index in [-0.39, 0.29) is 17.3 Å². The zero-order valence-electron chi connectivity index (χ0n) is 13.1. The average Bonchev–Trinajstić information content (AvgIpc) is 3.05. The van der Waals surface area contributed by atoms with Crippen LogP contribution in [0.3, 0.4) is 0 Å². The summed E-state index contributed by atoms with van der Waals surface area (Å²) in [4.78, 5) is 10.8. The van der Waals surface area contributed by atoms with E-state index < -0.39 is 0 Å². The van der Waals surface area contributed by atoms with Gasteiger partial charge in [0, 0.05) is 0 Å². The Hall–Kier alpha value is -1.04. The summed E-state index contributed by atoms with van der Waals surface area (Å²) in [6.45, 7) is 1.66. The van der Waals surface area contributed by atoms with E-state index in [1.54, 1.807) is 0 Å². The SMILES string of the molecule is O=C1NCC2(CCCCC2)O1.S=C1NCC2(CCCCC2)O1. The molecule has 0 aromatic heterocycles. The van der Waals surface area contributed by atoms with Gasteiger partial charge in [0.15, 0.2) is 0 Å². The third-order valence-electron chi connectivity index (χ3n) is 5.26. The van der Waals surface area contributed by atoms with Crippen LogP contribution in [0.2, 0.25) is 0 Å². The Morgan fingerprint density at radius 3 is 1.68 bits per heavy atom. The fourth-order valence-electron chi connectivity index (χ4n) is 3.95. The normalized spacial score (nSPS) is 28.2. The van der Waals surface area contributed by atoms with Crippen molar-refractivity contribution in [3.05, 3.63) is 0 Å². The molecule has 0 bridgehead atoms. The van der Waals surface area contributed by atoms with Crippen LogP contribution < -0.4 is 10.6 Å². The second-order valence-corrected chi connectivity index (χ2v) is 7.34. The number of carbonyl (C=O) groups is 1. The van der Waals surface area contributed by atoms with E-state index >= 15 is 0 Å². The number of amides is 1. The molecule has 22 heavy (non-hydrogen) atoms. The lowest BCUT2D eigenvalue weighted by atomic mass is 9.85. The van der Waals surface area contributed by atoms with Crippen molar-refractivity contribution >= 4 is 23.5 Å². The summed E-state index contributed by atoms with van der Waals surface area (Å²) in [5.41, 5.74) is -0.0231. The van der Waals surface area contributed by atoms with Gasteiger partial charge in [0.2, 0.25) is 0 Å². The Labute approximate surface area is 137 Å². The summed E-state index contributed by atoms with van der Waals surface area (Å²) < 4.78 is 10.8. The van der Waals surface area contributed by atoms with Crippen molar-refractivity contribution in [1.29, 1.82) is 0 Å². The lowest BCUT2D eigenvalue weighted by Crippen LogP contribution is -2.35. The minimum Gasteiger partial charge on any atom is -0.463 e. The van der Waals surface area contributed by atoms with Crippen LogP contribution >= 0.6 is 12.2 Å². The zero-order valence-corrected chi connectivity index (χ0v) is 13.9. The van der Waals surface area contributed by atoms with Gasteiger partial charge in [0.1, 0.15) is 11.2 Å². The van der Waals surface area contributed by atoms with E-state index in [0.717, 1.165) is 25.9 Å². The molecule has 124 valence electrons. The first-order chi connectivity index (χ1) is 10.6.